The minimum Gasteiger partial charge on any atom is -0.351 e. The Balaban J connectivity index is 2.22. The van der Waals surface area contributed by atoms with Crippen LogP contribution in [0.4, 0.5) is 4.79 Å². The Labute approximate surface area is 98.0 Å². The zero-order valence-electron chi connectivity index (χ0n) is 9.03. The van der Waals surface area contributed by atoms with E-state index >= 15 is 0 Å². The van der Waals surface area contributed by atoms with Crippen molar-refractivity contribution in [3.05, 3.63) is 22.4 Å². The molecule has 0 aliphatic rings. The van der Waals surface area contributed by atoms with Crippen molar-refractivity contribution in [1.82, 2.24) is 10.6 Å². The van der Waals surface area contributed by atoms with Crippen LogP contribution < -0.4 is 16.4 Å². The van der Waals surface area contributed by atoms with Crippen LogP contribution in [0.15, 0.2) is 17.5 Å². The van der Waals surface area contributed by atoms with Gasteiger partial charge in [0.1, 0.15) is 0 Å². The highest BCUT2D eigenvalue weighted by atomic mass is 32.1. The molecule has 0 bridgehead atoms. The largest absolute Gasteiger partial charge is 0.351 e. The van der Waals surface area contributed by atoms with Gasteiger partial charge in [-0.25, -0.2) is 4.79 Å². The number of nitrogens with two attached hydrogens (primary N) is 1. The van der Waals surface area contributed by atoms with Crippen molar-refractivity contribution in [2.45, 2.75) is 19.4 Å². The van der Waals surface area contributed by atoms with E-state index in [0.717, 1.165) is 6.42 Å². The maximum absolute atomic E-state index is 11.1. The molecular formula is C10H15N3O2S. The van der Waals surface area contributed by atoms with Gasteiger partial charge in [0.25, 0.3) is 0 Å². The number of carbonyl (C=O) groups is 2. The van der Waals surface area contributed by atoms with Gasteiger partial charge in [-0.1, -0.05) is 6.07 Å². The molecule has 0 saturated carbocycles. The summed E-state index contributed by atoms with van der Waals surface area (Å²) in [6.07, 6.45) is 0.863. The molecule has 0 spiro atoms. The molecule has 16 heavy (non-hydrogen) atoms. The Hall–Kier alpha value is -1.40. The zero-order valence-corrected chi connectivity index (χ0v) is 9.84. The number of nitrogens with one attached hydrogen (secondary N) is 2. The lowest BCUT2D eigenvalue weighted by Crippen LogP contribution is -2.43. The first kappa shape index (κ1) is 12.7. The summed E-state index contributed by atoms with van der Waals surface area (Å²) in [7, 11) is 0. The number of carbonyl (C=O) groups excluding carboxylic acids is 2. The molecule has 0 saturated heterocycles. The molecule has 0 aromatic carbocycles. The molecule has 1 unspecified atom stereocenters. The molecule has 88 valence electrons. The quantitative estimate of drug-likeness (QED) is 0.700. The third kappa shape index (κ3) is 4.90. The van der Waals surface area contributed by atoms with Crippen molar-refractivity contribution in [3.63, 3.8) is 0 Å². The lowest BCUT2D eigenvalue weighted by atomic mass is 10.2. The predicted molar refractivity (Wildman–Crippen MR) is 63.2 cm³/mol. The fourth-order valence-electron chi connectivity index (χ4n) is 1.25. The van der Waals surface area contributed by atoms with Crippen molar-refractivity contribution in [3.8, 4) is 0 Å². The zero-order chi connectivity index (χ0) is 12.0. The summed E-state index contributed by atoms with van der Waals surface area (Å²) >= 11 is 1.68. The SMILES string of the molecule is CC(Cc1cccs1)NCC(=O)NC(N)=O. The van der Waals surface area contributed by atoms with Crippen LogP contribution in [0, 0.1) is 0 Å². The summed E-state index contributed by atoms with van der Waals surface area (Å²) in [6, 6.07) is 3.40. The van der Waals surface area contributed by atoms with Crippen molar-refractivity contribution in [2.24, 2.45) is 5.73 Å². The normalized spacial score (nSPS) is 12.1. The molecule has 6 heteroatoms. The minimum absolute atomic E-state index is 0.0927. The maximum Gasteiger partial charge on any atom is 0.318 e. The molecular weight excluding hydrogens is 226 g/mol. The maximum atomic E-state index is 11.1. The molecule has 1 atom stereocenters. The topological polar surface area (TPSA) is 84.2 Å². The van der Waals surface area contributed by atoms with E-state index in [0.29, 0.717) is 0 Å². The van der Waals surface area contributed by atoms with Gasteiger partial charge >= 0.3 is 6.03 Å². The Kier molecular flexibility index (Phi) is 4.94. The standard InChI is InChI=1S/C10H15N3O2S/c1-7(5-8-3-2-4-16-8)12-6-9(14)13-10(11)15/h2-4,7,12H,5-6H2,1H3,(H3,11,13,14,15). The van der Waals surface area contributed by atoms with Gasteiger partial charge in [0.05, 0.1) is 6.54 Å². The van der Waals surface area contributed by atoms with Crippen LogP contribution in [-0.4, -0.2) is 24.5 Å². The number of thiophene rings is 1. The number of amides is 3. The second kappa shape index (κ2) is 6.24. The first-order chi connectivity index (χ1) is 7.58. The van der Waals surface area contributed by atoms with Gasteiger partial charge in [-0.15, -0.1) is 11.3 Å². The summed E-state index contributed by atoms with van der Waals surface area (Å²) in [6.45, 7) is 2.08. The highest BCUT2D eigenvalue weighted by Crippen LogP contribution is 2.10. The van der Waals surface area contributed by atoms with Crippen molar-refractivity contribution in [1.29, 1.82) is 0 Å². The summed E-state index contributed by atoms with van der Waals surface area (Å²) in [5.41, 5.74) is 4.81. The van der Waals surface area contributed by atoms with E-state index < -0.39 is 11.9 Å². The van der Waals surface area contributed by atoms with Gasteiger partial charge in [-0.05, 0) is 24.8 Å². The molecule has 5 nitrogen and oxygen atoms in total. The molecule has 1 heterocycles. The van der Waals surface area contributed by atoms with E-state index in [9.17, 15) is 9.59 Å². The minimum atomic E-state index is -0.822. The Morgan fingerprint density at radius 1 is 1.56 bits per heavy atom. The van der Waals surface area contributed by atoms with Gasteiger partial charge in [-0.2, -0.15) is 0 Å². The van der Waals surface area contributed by atoms with E-state index in [2.05, 4.69) is 5.32 Å². The van der Waals surface area contributed by atoms with Crippen molar-refractivity contribution in [2.75, 3.05) is 6.54 Å². The lowest BCUT2D eigenvalue weighted by Gasteiger charge is -2.11. The van der Waals surface area contributed by atoms with E-state index in [-0.39, 0.29) is 12.6 Å². The van der Waals surface area contributed by atoms with Crippen LogP contribution in [0.2, 0.25) is 0 Å². The number of imide groups is 1. The molecule has 0 aliphatic carbocycles. The Bertz CT molecular complexity index is 351. The monoisotopic (exact) mass is 241 g/mol. The van der Waals surface area contributed by atoms with E-state index in [1.54, 1.807) is 11.3 Å². The van der Waals surface area contributed by atoms with Crippen LogP contribution >= 0.6 is 11.3 Å². The molecule has 4 N–H and O–H groups in total. The van der Waals surface area contributed by atoms with Gasteiger partial charge < -0.3 is 11.1 Å². The van der Waals surface area contributed by atoms with Gasteiger partial charge in [0.2, 0.25) is 5.91 Å². The molecule has 0 fully saturated rings. The number of rotatable bonds is 5. The van der Waals surface area contributed by atoms with Gasteiger partial charge in [0.15, 0.2) is 0 Å². The van der Waals surface area contributed by atoms with Crippen LogP contribution in [0.25, 0.3) is 0 Å². The van der Waals surface area contributed by atoms with E-state index in [4.69, 9.17) is 5.73 Å². The molecule has 1 aromatic rings. The van der Waals surface area contributed by atoms with Crippen LogP contribution in [0.3, 0.4) is 0 Å². The predicted octanol–water partition coefficient (Wildman–Crippen LogP) is 0.464. The molecule has 3 amide bonds. The summed E-state index contributed by atoms with van der Waals surface area (Å²) < 4.78 is 0. The summed E-state index contributed by atoms with van der Waals surface area (Å²) in [5.74, 6) is -0.412. The second-order valence-electron chi connectivity index (χ2n) is 3.48. The third-order valence-electron chi connectivity index (χ3n) is 1.96. The molecule has 0 aliphatic heterocycles. The highest BCUT2D eigenvalue weighted by Gasteiger charge is 2.07. The Morgan fingerprint density at radius 3 is 2.88 bits per heavy atom. The smallest absolute Gasteiger partial charge is 0.318 e. The number of urea groups is 1. The number of hydrogen-bond acceptors (Lipinski definition) is 4. The first-order valence-electron chi connectivity index (χ1n) is 4.93. The van der Waals surface area contributed by atoms with Crippen LogP contribution in [-0.2, 0) is 11.2 Å². The lowest BCUT2D eigenvalue weighted by molar-refractivity contribution is -0.119. The van der Waals surface area contributed by atoms with E-state index in [1.807, 2.05) is 29.8 Å². The van der Waals surface area contributed by atoms with Crippen molar-refractivity contribution >= 4 is 23.3 Å². The van der Waals surface area contributed by atoms with Gasteiger partial charge in [-0.3, -0.25) is 10.1 Å². The highest BCUT2D eigenvalue weighted by molar-refractivity contribution is 7.09. The first-order valence-corrected chi connectivity index (χ1v) is 5.81. The van der Waals surface area contributed by atoms with Crippen LogP contribution in [0.1, 0.15) is 11.8 Å². The fraction of sp³-hybridized carbons (Fsp3) is 0.400. The average Bonchev–Trinajstić information content (AvgIpc) is 2.66. The Morgan fingerprint density at radius 2 is 2.31 bits per heavy atom. The fourth-order valence-corrected chi connectivity index (χ4v) is 2.09. The number of hydrogen-bond donors (Lipinski definition) is 3. The molecule has 1 aromatic heterocycles. The van der Waals surface area contributed by atoms with Crippen molar-refractivity contribution < 1.29 is 9.59 Å². The summed E-state index contributed by atoms with van der Waals surface area (Å²) in [4.78, 5) is 22.7. The average molecular weight is 241 g/mol. The number of primary amides is 1. The third-order valence-corrected chi connectivity index (χ3v) is 2.86. The molecule has 0 radical (unpaired) electrons. The molecule has 1 rings (SSSR count). The van der Waals surface area contributed by atoms with Gasteiger partial charge in [0, 0.05) is 10.9 Å². The van der Waals surface area contributed by atoms with E-state index in [1.165, 1.54) is 4.88 Å². The second-order valence-corrected chi connectivity index (χ2v) is 4.51. The summed E-state index contributed by atoms with van der Waals surface area (Å²) in [5, 5.41) is 7.03. The van der Waals surface area contributed by atoms with Crippen LogP contribution in [0.5, 0.6) is 0 Å².